The second-order valence-corrected chi connectivity index (χ2v) is 9.87. The number of likely N-dealkylation sites (tertiary alicyclic amines) is 1. The van der Waals surface area contributed by atoms with Gasteiger partial charge in [0.05, 0.1) is 31.0 Å². The van der Waals surface area contributed by atoms with Crippen LogP contribution in [0.2, 0.25) is 5.02 Å². The van der Waals surface area contributed by atoms with E-state index in [1.54, 1.807) is 4.90 Å². The van der Waals surface area contributed by atoms with Gasteiger partial charge in [-0.1, -0.05) is 11.6 Å². The van der Waals surface area contributed by atoms with E-state index in [0.29, 0.717) is 18.4 Å². The van der Waals surface area contributed by atoms with Gasteiger partial charge in [-0.15, -0.1) is 11.3 Å². The molecule has 0 saturated carbocycles. The number of amides is 1. The molecule has 2 aromatic heterocycles. The summed E-state index contributed by atoms with van der Waals surface area (Å²) in [6, 6.07) is 4.82. The summed E-state index contributed by atoms with van der Waals surface area (Å²) >= 11 is 8.20. The van der Waals surface area contributed by atoms with Crippen molar-refractivity contribution < 1.29 is 9.53 Å². The topological polar surface area (TPSA) is 63.5 Å². The first-order valence-corrected chi connectivity index (χ1v) is 12.2. The predicted octanol–water partition coefficient (Wildman–Crippen LogP) is 3.84. The second kappa shape index (κ2) is 7.85. The molecule has 5 heterocycles. The van der Waals surface area contributed by atoms with E-state index in [1.807, 2.05) is 22.3 Å². The lowest BCUT2D eigenvalue weighted by molar-refractivity contribution is -0.117. The van der Waals surface area contributed by atoms with Crippen LogP contribution in [0.4, 0.5) is 5.13 Å². The number of hydrogen-bond donors (Lipinski definition) is 0. The van der Waals surface area contributed by atoms with Crippen molar-refractivity contribution in [3.8, 4) is 5.82 Å². The molecular weight excluding hydrogens is 434 g/mol. The molecule has 1 amide bonds. The number of rotatable bonds is 4. The van der Waals surface area contributed by atoms with Crippen molar-refractivity contribution in [1.82, 2.24) is 19.7 Å². The van der Waals surface area contributed by atoms with Crippen molar-refractivity contribution >= 4 is 44.9 Å². The molecule has 3 aliphatic heterocycles. The van der Waals surface area contributed by atoms with Gasteiger partial charge < -0.3 is 4.74 Å². The van der Waals surface area contributed by atoms with Crippen molar-refractivity contribution in [3.05, 3.63) is 34.3 Å². The number of fused-ring (bicyclic) bond motifs is 1. The molecule has 3 aliphatic rings. The number of carbonyl (C=O) groups is 1. The van der Waals surface area contributed by atoms with E-state index in [-0.39, 0.29) is 5.91 Å². The molecule has 0 unspecified atom stereocenters. The zero-order valence-corrected chi connectivity index (χ0v) is 18.7. The van der Waals surface area contributed by atoms with Crippen LogP contribution in [0, 0.1) is 0 Å². The highest BCUT2D eigenvalue weighted by Crippen LogP contribution is 2.37. The maximum atomic E-state index is 12.1. The Morgan fingerprint density at radius 1 is 1.16 bits per heavy atom. The number of nitrogens with zero attached hydrogens (tertiary/aromatic N) is 5. The molecule has 0 atom stereocenters. The highest BCUT2D eigenvalue weighted by Gasteiger charge is 2.31. The summed E-state index contributed by atoms with van der Waals surface area (Å²) in [4.78, 5) is 21.1. The fourth-order valence-electron chi connectivity index (χ4n) is 4.90. The Morgan fingerprint density at radius 3 is 2.71 bits per heavy atom. The van der Waals surface area contributed by atoms with Crippen LogP contribution in [0.15, 0.2) is 23.7 Å². The first-order chi connectivity index (χ1) is 15.2. The molecule has 0 N–H and O–H groups in total. The van der Waals surface area contributed by atoms with Gasteiger partial charge in [-0.25, -0.2) is 9.67 Å². The monoisotopic (exact) mass is 457 g/mol. The smallest absolute Gasteiger partial charge is 0.228 e. The van der Waals surface area contributed by atoms with Crippen LogP contribution in [-0.2, 0) is 9.53 Å². The summed E-state index contributed by atoms with van der Waals surface area (Å²) in [5, 5.41) is 9.13. The Bertz CT molecular complexity index is 1130. The van der Waals surface area contributed by atoms with Crippen molar-refractivity contribution in [3.63, 3.8) is 0 Å². The molecule has 3 fully saturated rings. The molecular formula is C22H24ClN5O2S. The first-order valence-electron chi connectivity index (χ1n) is 10.9. The first kappa shape index (κ1) is 19.7. The largest absolute Gasteiger partial charge is 0.378 e. The van der Waals surface area contributed by atoms with Crippen LogP contribution in [0.25, 0.3) is 16.7 Å². The number of benzene rings is 1. The van der Waals surface area contributed by atoms with E-state index >= 15 is 0 Å². The van der Waals surface area contributed by atoms with Crippen molar-refractivity contribution in [2.45, 2.75) is 37.6 Å². The van der Waals surface area contributed by atoms with Gasteiger partial charge in [0.1, 0.15) is 0 Å². The maximum absolute atomic E-state index is 12.1. The molecule has 3 saturated heterocycles. The van der Waals surface area contributed by atoms with Gasteiger partial charge in [-0.05, 0) is 56.0 Å². The molecule has 1 aromatic carbocycles. The second-order valence-electron chi connectivity index (χ2n) is 8.63. The van der Waals surface area contributed by atoms with Crippen LogP contribution in [0.3, 0.4) is 0 Å². The van der Waals surface area contributed by atoms with E-state index in [9.17, 15) is 4.79 Å². The Hall–Kier alpha value is -2.00. The van der Waals surface area contributed by atoms with Gasteiger partial charge in [0.15, 0.2) is 10.9 Å². The van der Waals surface area contributed by atoms with E-state index in [1.165, 1.54) is 16.9 Å². The quantitative estimate of drug-likeness (QED) is 0.595. The third kappa shape index (κ3) is 3.46. The molecule has 0 aliphatic carbocycles. The molecule has 3 aromatic rings. The predicted molar refractivity (Wildman–Crippen MR) is 121 cm³/mol. The van der Waals surface area contributed by atoms with E-state index in [2.05, 4.69) is 16.1 Å². The number of carbonyl (C=O) groups excluding carboxylic acids is 1. The number of halogens is 1. The van der Waals surface area contributed by atoms with Gasteiger partial charge in [0.2, 0.25) is 5.91 Å². The van der Waals surface area contributed by atoms with E-state index in [0.717, 1.165) is 79.0 Å². The molecule has 31 heavy (non-hydrogen) atoms. The van der Waals surface area contributed by atoms with Crippen LogP contribution in [0.5, 0.6) is 0 Å². The summed E-state index contributed by atoms with van der Waals surface area (Å²) in [6.07, 6.45) is 5.55. The number of aromatic nitrogens is 3. The average Bonchev–Trinajstić information content (AvgIpc) is 3.45. The summed E-state index contributed by atoms with van der Waals surface area (Å²) in [7, 11) is 0. The zero-order valence-electron chi connectivity index (χ0n) is 17.2. The molecule has 162 valence electrons. The standard InChI is InChI=1S/C22H24ClN5O2S/c23-18-8-15-10-24-28(20-13-31-22(25-20)27-5-1-2-21(27)29)19(15)9-17(18)14-3-6-26(7-4-14)16-11-30-12-16/h8-10,13-14,16H,1-7,11-12H2. The van der Waals surface area contributed by atoms with E-state index in [4.69, 9.17) is 21.3 Å². The summed E-state index contributed by atoms with van der Waals surface area (Å²) < 4.78 is 7.23. The van der Waals surface area contributed by atoms with Gasteiger partial charge in [-0.3, -0.25) is 14.6 Å². The van der Waals surface area contributed by atoms with Crippen molar-refractivity contribution in [2.24, 2.45) is 0 Å². The fourth-order valence-corrected chi connectivity index (χ4v) is 6.05. The number of hydrogen-bond acceptors (Lipinski definition) is 6. The molecule has 7 nitrogen and oxygen atoms in total. The van der Waals surface area contributed by atoms with Crippen LogP contribution in [-0.4, -0.2) is 64.5 Å². The van der Waals surface area contributed by atoms with Gasteiger partial charge in [0.25, 0.3) is 0 Å². The number of piperidine rings is 1. The minimum atomic E-state index is 0.153. The molecule has 0 spiro atoms. The normalized spacial score (nSPS) is 21.3. The maximum Gasteiger partial charge on any atom is 0.228 e. The third-order valence-electron chi connectivity index (χ3n) is 6.79. The minimum absolute atomic E-state index is 0.153. The highest BCUT2D eigenvalue weighted by atomic mass is 35.5. The molecule has 6 rings (SSSR count). The lowest BCUT2D eigenvalue weighted by Gasteiger charge is -2.41. The Kier molecular flexibility index (Phi) is 4.98. The third-order valence-corrected chi connectivity index (χ3v) is 7.97. The van der Waals surface area contributed by atoms with Gasteiger partial charge in [-0.2, -0.15) is 5.10 Å². The minimum Gasteiger partial charge on any atom is -0.378 e. The molecule has 9 heteroatoms. The Morgan fingerprint density at radius 2 is 2.00 bits per heavy atom. The molecule has 0 radical (unpaired) electrons. The summed E-state index contributed by atoms with van der Waals surface area (Å²) in [5.41, 5.74) is 2.21. The van der Waals surface area contributed by atoms with Crippen molar-refractivity contribution in [2.75, 3.05) is 37.7 Å². The number of thiazole rings is 1. The van der Waals surface area contributed by atoms with Crippen LogP contribution < -0.4 is 4.90 Å². The van der Waals surface area contributed by atoms with Crippen LogP contribution >= 0.6 is 22.9 Å². The summed E-state index contributed by atoms with van der Waals surface area (Å²) in [5.74, 6) is 1.36. The Balaban J connectivity index is 1.28. The fraction of sp³-hybridized carbons (Fsp3) is 0.500. The lowest BCUT2D eigenvalue weighted by Crippen LogP contribution is -2.51. The number of anilines is 1. The van der Waals surface area contributed by atoms with Crippen molar-refractivity contribution in [1.29, 1.82) is 0 Å². The van der Waals surface area contributed by atoms with E-state index < -0.39 is 0 Å². The Labute approximate surface area is 189 Å². The average molecular weight is 458 g/mol. The van der Waals surface area contributed by atoms with Crippen LogP contribution in [0.1, 0.15) is 37.2 Å². The SMILES string of the molecule is O=C1CCCN1c1nc(-n2ncc3cc(Cl)c(C4CCN(C5COC5)CC4)cc32)cs1. The number of ether oxygens (including phenoxy) is 1. The van der Waals surface area contributed by atoms with Gasteiger partial charge >= 0.3 is 0 Å². The highest BCUT2D eigenvalue weighted by molar-refractivity contribution is 7.14. The molecule has 0 bridgehead atoms. The lowest BCUT2D eigenvalue weighted by atomic mass is 9.88. The summed E-state index contributed by atoms with van der Waals surface area (Å²) in [6.45, 7) is 4.67. The zero-order chi connectivity index (χ0) is 20.9. The van der Waals surface area contributed by atoms with Gasteiger partial charge in [0, 0.05) is 28.8 Å².